The van der Waals surface area contributed by atoms with E-state index in [1.54, 1.807) is 7.05 Å². The zero-order valence-electron chi connectivity index (χ0n) is 10.3. The molecule has 0 aromatic heterocycles. The minimum Gasteiger partial charge on any atom is -0.386 e. The van der Waals surface area contributed by atoms with Gasteiger partial charge in [0.05, 0.1) is 10.7 Å². The van der Waals surface area contributed by atoms with E-state index in [0.717, 1.165) is 18.2 Å². The van der Waals surface area contributed by atoms with E-state index in [2.05, 4.69) is 21.2 Å². The van der Waals surface area contributed by atoms with E-state index < -0.39 is 17.4 Å². The number of carbonyl (C=O) groups excluding carboxylic acids is 1. The Kier molecular flexibility index (Phi) is 4.40. The second-order valence-electron chi connectivity index (χ2n) is 4.02. The molecule has 0 spiro atoms. The lowest BCUT2D eigenvalue weighted by Crippen LogP contribution is -2.05. The van der Waals surface area contributed by atoms with Crippen molar-refractivity contribution in [3.63, 3.8) is 0 Å². The summed E-state index contributed by atoms with van der Waals surface area (Å²) in [5, 5.41) is 2.65. The van der Waals surface area contributed by atoms with Gasteiger partial charge < -0.3 is 5.32 Å². The first kappa shape index (κ1) is 14.9. The Morgan fingerprint density at radius 3 is 2.50 bits per heavy atom. The highest BCUT2D eigenvalue weighted by atomic mass is 79.9. The van der Waals surface area contributed by atoms with Crippen LogP contribution < -0.4 is 5.32 Å². The normalized spacial score (nSPS) is 10.4. The number of carbonyl (C=O) groups is 1. The number of rotatable bonds is 3. The van der Waals surface area contributed by atoms with Crippen LogP contribution in [0.15, 0.2) is 34.8 Å². The summed E-state index contributed by atoms with van der Waals surface area (Å²) in [6.45, 7) is 0. The highest BCUT2D eigenvalue weighted by Crippen LogP contribution is 2.28. The van der Waals surface area contributed by atoms with Crippen molar-refractivity contribution in [3.05, 3.63) is 62.6 Å². The van der Waals surface area contributed by atoms with Gasteiger partial charge in [-0.15, -0.1) is 0 Å². The fourth-order valence-electron chi connectivity index (χ4n) is 1.73. The zero-order valence-corrected chi connectivity index (χ0v) is 12.6. The Morgan fingerprint density at radius 1 is 1.20 bits per heavy atom. The molecule has 0 amide bonds. The quantitative estimate of drug-likeness (QED) is 0.807. The number of hydrogen-bond acceptors (Lipinski definition) is 2. The van der Waals surface area contributed by atoms with E-state index in [-0.39, 0.29) is 21.8 Å². The Morgan fingerprint density at radius 2 is 1.90 bits per heavy atom. The summed E-state index contributed by atoms with van der Waals surface area (Å²) in [6, 6.07) is 6.01. The van der Waals surface area contributed by atoms with Crippen molar-refractivity contribution in [2.75, 3.05) is 12.4 Å². The molecular weight excluding hydrogens is 352 g/mol. The van der Waals surface area contributed by atoms with Crippen molar-refractivity contribution >= 4 is 39.0 Å². The van der Waals surface area contributed by atoms with E-state index in [9.17, 15) is 13.6 Å². The standard InChI is InChI=1S/C14H9BrClF2NO/c1-19-13-6-10(15)9(5-12(13)18)14(20)8-3-2-7(17)4-11(8)16/h2-6,19H,1H3. The predicted molar refractivity (Wildman–Crippen MR) is 78.5 cm³/mol. The molecule has 0 atom stereocenters. The summed E-state index contributed by atoms with van der Waals surface area (Å²) in [4.78, 5) is 12.3. The molecule has 0 bridgehead atoms. The topological polar surface area (TPSA) is 29.1 Å². The molecule has 0 aliphatic carbocycles. The van der Waals surface area contributed by atoms with Crippen LogP contribution in [0.3, 0.4) is 0 Å². The van der Waals surface area contributed by atoms with Crippen LogP contribution in [0.25, 0.3) is 0 Å². The van der Waals surface area contributed by atoms with Gasteiger partial charge in [0.2, 0.25) is 0 Å². The van der Waals surface area contributed by atoms with Crippen LogP contribution in [0.4, 0.5) is 14.5 Å². The lowest BCUT2D eigenvalue weighted by atomic mass is 10.0. The predicted octanol–water partition coefficient (Wildman–Crippen LogP) is 4.65. The molecule has 0 radical (unpaired) electrons. The van der Waals surface area contributed by atoms with Crippen molar-refractivity contribution in [1.29, 1.82) is 0 Å². The second-order valence-corrected chi connectivity index (χ2v) is 5.28. The lowest BCUT2D eigenvalue weighted by Gasteiger charge is -2.09. The second kappa shape index (κ2) is 5.89. The summed E-state index contributed by atoms with van der Waals surface area (Å²) in [6.07, 6.45) is 0. The number of hydrogen-bond donors (Lipinski definition) is 1. The molecule has 0 heterocycles. The van der Waals surface area contributed by atoms with Crippen molar-refractivity contribution < 1.29 is 13.6 Å². The molecule has 1 N–H and O–H groups in total. The van der Waals surface area contributed by atoms with Gasteiger partial charge in [-0.3, -0.25) is 4.79 Å². The molecule has 0 saturated carbocycles. The van der Waals surface area contributed by atoms with Gasteiger partial charge >= 0.3 is 0 Å². The van der Waals surface area contributed by atoms with Gasteiger partial charge in [0.1, 0.15) is 11.6 Å². The molecule has 0 aliphatic rings. The van der Waals surface area contributed by atoms with Gasteiger partial charge in [0.15, 0.2) is 5.78 Å². The minimum absolute atomic E-state index is 0.0139. The molecule has 0 fully saturated rings. The Balaban J connectivity index is 2.51. The van der Waals surface area contributed by atoms with Gasteiger partial charge in [-0.25, -0.2) is 8.78 Å². The third-order valence-electron chi connectivity index (χ3n) is 2.75. The molecule has 6 heteroatoms. The van der Waals surface area contributed by atoms with E-state index in [4.69, 9.17) is 11.6 Å². The number of nitrogens with one attached hydrogen (secondary N) is 1. The lowest BCUT2D eigenvalue weighted by molar-refractivity contribution is 0.103. The van der Waals surface area contributed by atoms with E-state index in [1.165, 1.54) is 12.1 Å². The first-order chi connectivity index (χ1) is 9.43. The molecule has 2 aromatic carbocycles. The largest absolute Gasteiger partial charge is 0.386 e. The number of anilines is 1. The maximum Gasteiger partial charge on any atom is 0.195 e. The fraction of sp³-hybridized carbons (Fsp3) is 0.0714. The van der Waals surface area contributed by atoms with Crippen molar-refractivity contribution in [2.24, 2.45) is 0 Å². The van der Waals surface area contributed by atoms with Crippen LogP contribution in [-0.2, 0) is 0 Å². The van der Waals surface area contributed by atoms with E-state index in [1.807, 2.05) is 0 Å². The number of halogens is 4. The smallest absolute Gasteiger partial charge is 0.195 e. The Hall–Kier alpha value is -1.46. The van der Waals surface area contributed by atoms with Gasteiger partial charge in [0, 0.05) is 22.6 Å². The molecular formula is C14H9BrClF2NO. The van der Waals surface area contributed by atoms with Gasteiger partial charge in [0.25, 0.3) is 0 Å². The minimum atomic E-state index is -0.558. The molecule has 0 saturated heterocycles. The average molecular weight is 361 g/mol. The third-order valence-corrected chi connectivity index (χ3v) is 3.72. The maximum absolute atomic E-state index is 13.7. The van der Waals surface area contributed by atoms with Crippen LogP contribution in [0.1, 0.15) is 15.9 Å². The first-order valence-corrected chi connectivity index (χ1v) is 6.77. The molecule has 104 valence electrons. The summed E-state index contributed by atoms with van der Waals surface area (Å²) >= 11 is 9.06. The maximum atomic E-state index is 13.7. The van der Waals surface area contributed by atoms with Crippen LogP contribution in [0.5, 0.6) is 0 Å². The van der Waals surface area contributed by atoms with Crippen molar-refractivity contribution in [3.8, 4) is 0 Å². The van der Waals surface area contributed by atoms with Crippen molar-refractivity contribution in [2.45, 2.75) is 0 Å². The monoisotopic (exact) mass is 359 g/mol. The molecule has 0 aliphatic heterocycles. The SMILES string of the molecule is CNc1cc(Br)c(C(=O)c2ccc(F)cc2Cl)cc1F. The summed E-state index contributed by atoms with van der Waals surface area (Å²) in [7, 11) is 1.57. The van der Waals surface area contributed by atoms with E-state index in [0.29, 0.717) is 4.47 Å². The number of benzene rings is 2. The zero-order chi connectivity index (χ0) is 14.9. The van der Waals surface area contributed by atoms with Crippen LogP contribution in [0, 0.1) is 11.6 Å². The van der Waals surface area contributed by atoms with Crippen LogP contribution in [-0.4, -0.2) is 12.8 Å². The van der Waals surface area contributed by atoms with Crippen molar-refractivity contribution in [1.82, 2.24) is 0 Å². The van der Waals surface area contributed by atoms with Crippen LogP contribution >= 0.6 is 27.5 Å². The summed E-state index contributed by atoms with van der Waals surface area (Å²) < 4.78 is 27.1. The highest BCUT2D eigenvalue weighted by Gasteiger charge is 2.18. The third kappa shape index (κ3) is 2.83. The van der Waals surface area contributed by atoms with Gasteiger partial charge in [-0.2, -0.15) is 0 Å². The first-order valence-electron chi connectivity index (χ1n) is 5.60. The highest BCUT2D eigenvalue weighted by molar-refractivity contribution is 9.10. The average Bonchev–Trinajstić information content (AvgIpc) is 2.40. The number of ketones is 1. The summed E-state index contributed by atoms with van der Waals surface area (Å²) in [5.74, 6) is -1.58. The molecule has 2 rings (SSSR count). The molecule has 2 nitrogen and oxygen atoms in total. The Bertz CT molecular complexity index is 691. The van der Waals surface area contributed by atoms with Gasteiger partial charge in [-0.1, -0.05) is 11.6 Å². The Labute approximate surface area is 127 Å². The van der Waals surface area contributed by atoms with Gasteiger partial charge in [-0.05, 0) is 46.3 Å². The fourth-order valence-corrected chi connectivity index (χ4v) is 2.51. The van der Waals surface area contributed by atoms with Crippen LogP contribution in [0.2, 0.25) is 5.02 Å². The molecule has 2 aromatic rings. The molecule has 20 heavy (non-hydrogen) atoms. The summed E-state index contributed by atoms with van der Waals surface area (Å²) in [5.41, 5.74) is 0.499. The van der Waals surface area contributed by atoms with E-state index >= 15 is 0 Å². The molecule has 0 unspecified atom stereocenters.